The number of para-hydroxylation sites is 1. The molecule has 1 fully saturated rings. The van der Waals surface area contributed by atoms with Crippen molar-refractivity contribution < 1.29 is 18.8 Å². The lowest BCUT2D eigenvalue weighted by Gasteiger charge is -2.33. The topological polar surface area (TPSA) is 91.7 Å². The van der Waals surface area contributed by atoms with Gasteiger partial charge in [-0.3, -0.25) is 14.5 Å². The van der Waals surface area contributed by atoms with E-state index in [4.69, 9.17) is 4.42 Å². The number of carbonyl (C=O) groups excluding carboxylic acids is 3. The summed E-state index contributed by atoms with van der Waals surface area (Å²) in [6, 6.07) is 16.2. The molecule has 2 aliphatic rings. The van der Waals surface area contributed by atoms with Crippen LogP contribution in [0.2, 0.25) is 0 Å². The molecule has 1 aliphatic heterocycles. The first-order valence-electron chi connectivity index (χ1n) is 10.5. The number of hydrogen-bond acceptors (Lipinski definition) is 4. The summed E-state index contributed by atoms with van der Waals surface area (Å²) >= 11 is 0. The summed E-state index contributed by atoms with van der Waals surface area (Å²) in [5.74, 6) is -0.168. The van der Waals surface area contributed by atoms with Crippen LogP contribution in [0.3, 0.4) is 0 Å². The zero-order valence-electron chi connectivity index (χ0n) is 17.2. The SMILES string of the molecule is C[C@@H](NC(=O)CN1C(=O)N[C@@]2(CCCc3ccccc32)C1=O)c1cc2ccccc2o1. The quantitative estimate of drug-likeness (QED) is 0.637. The van der Waals surface area contributed by atoms with Gasteiger partial charge in [-0.25, -0.2) is 4.79 Å². The molecule has 1 aliphatic carbocycles. The van der Waals surface area contributed by atoms with Crippen LogP contribution in [-0.2, 0) is 21.5 Å². The Morgan fingerprint density at radius 3 is 2.81 bits per heavy atom. The Bertz CT molecular complexity index is 1170. The van der Waals surface area contributed by atoms with Crippen LogP contribution in [0, 0.1) is 0 Å². The van der Waals surface area contributed by atoms with Gasteiger partial charge in [0.05, 0.1) is 6.04 Å². The first-order valence-corrected chi connectivity index (χ1v) is 10.5. The highest BCUT2D eigenvalue weighted by molar-refractivity contribution is 6.09. The molecule has 4 amide bonds. The summed E-state index contributed by atoms with van der Waals surface area (Å²) < 4.78 is 5.80. The zero-order chi connectivity index (χ0) is 21.6. The average molecular weight is 417 g/mol. The van der Waals surface area contributed by atoms with Crippen molar-refractivity contribution >= 4 is 28.8 Å². The largest absolute Gasteiger partial charge is 0.459 e. The summed E-state index contributed by atoms with van der Waals surface area (Å²) in [6.07, 6.45) is 2.20. The molecule has 1 saturated heterocycles. The van der Waals surface area contributed by atoms with Crippen molar-refractivity contribution in [2.45, 2.75) is 37.8 Å². The molecule has 2 N–H and O–H groups in total. The number of rotatable bonds is 4. The Balaban J connectivity index is 1.32. The summed E-state index contributed by atoms with van der Waals surface area (Å²) in [5, 5.41) is 6.65. The number of furan rings is 1. The van der Waals surface area contributed by atoms with E-state index in [1.807, 2.05) is 54.6 Å². The fourth-order valence-electron chi connectivity index (χ4n) is 4.67. The second-order valence-corrected chi connectivity index (χ2v) is 8.21. The van der Waals surface area contributed by atoms with Crippen LogP contribution in [0.5, 0.6) is 0 Å². The Morgan fingerprint density at radius 1 is 1.19 bits per heavy atom. The van der Waals surface area contributed by atoms with Crippen molar-refractivity contribution in [3.63, 3.8) is 0 Å². The summed E-state index contributed by atoms with van der Waals surface area (Å²) in [6.45, 7) is 1.47. The van der Waals surface area contributed by atoms with E-state index in [2.05, 4.69) is 10.6 Å². The minimum atomic E-state index is -1.07. The normalized spacial score (nSPS) is 21.3. The van der Waals surface area contributed by atoms with Crippen LogP contribution in [-0.4, -0.2) is 29.3 Å². The second kappa shape index (κ2) is 7.27. The molecule has 0 unspecified atom stereocenters. The minimum Gasteiger partial charge on any atom is -0.459 e. The van der Waals surface area contributed by atoms with E-state index in [0.717, 1.165) is 39.8 Å². The molecular formula is C24H23N3O4. The summed E-state index contributed by atoms with van der Waals surface area (Å²) in [7, 11) is 0. The Kier molecular flexibility index (Phi) is 4.54. The molecule has 3 aromatic rings. The standard InChI is InChI=1S/C24H23N3O4/c1-15(20-13-17-8-3-5-11-19(17)31-20)25-21(28)14-27-22(29)24(26-23(27)30)12-6-9-16-7-2-4-10-18(16)24/h2-5,7-8,10-11,13,15H,6,9,12,14H2,1H3,(H,25,28)(H,26,30)/t15-,24-/m1/s1. The number of imide groups is 1. The van der Waals surface area contributed by atoms with Gasteiger partial charge in [-0.05, 0) is 49.4 Å². The fourth-order valence-corrected chi connectivity index (χ4v) is 4.67. The van der Waals surface area contributed by atoms with Gasteiger partial charge in [0.1, 0.15) is 23.4 Å². The lowest BCUT2D eigenvalue weighted by Crippen LogP contribution is -2.47. The van der Waals surface area contributed by atoms with Crippen molar-refractivity contribution in [3.05, 3.63) is 71.5 Å². The predicted molar refractivity (Wildman–Crippen MR) is 114 cm³/mol. The second-order valence-electron chi connectivity index (χ2n) is 8.21. The molecule has 7 nitrogen and oxygen atoms in total. The Hall–Kier alpha value is -3.61. The van der Waals surface area contributed by atoms with E-state index in [0.29, 0.717) is 12.2 Å². The van der Waals surface area contributed by atoms with Crippen LogP contribution in [0.15, 0.2) is 59.0 Å². The lowest BCUT2D eigenvalue weighted by atomic mass is 9.76. The number of nitrogens with zero attached hydrogens (tertiary/aromatic N) is 1. The predicted octanol–water partition coefficient (Wildman–Crippen LogP) is 3.39. The van der Waals surface area contributed by atoms with E-state index in [-0.39, 0.29) is 12.5 Å². The zero-order valence-corrected chi connectivity index (χ0v) is 17.2. The third-order valence-electron chi connectivity index (χ3n) is 6.20. The van der Waals surface area contributed by atoms with Crippen LogP contribution in [0.25, 0.3) is 11.0 Å². The minimum absolute atomic E-state index is 0.334. The maximum Gasteiger partial charge on any atom is 0.325 e. The molecule has 0 radical (unpaired) electrons. The first kappa shape index (κ1) is 19.4. The van der Waals surface area contributed by atoms with E-state index in [1.165, 1.54) is 0 Å². The molecule has 2 atom stereocenters. The maximum absolute atomic E-state index is 13.3. The van der Waals surface area contributed by atoms with Gasteiger partial charge in [-0.15, -0.1) is 0 Å². The highest BCUT2D eigenvalue weighted by atomic mass is 16.3. The van der Waals surface area contributed by atoms with Crippen molar-refractivity contribution in [1.82, 2.24) is 15.5 Å². The van der Waals surface area contributed by atoms with E-state index in [1.54, 1.807) is 6.92 Å². The number of amides is 4. The van der Waals surface area contributed by atoms with Gasteiger partial charge in [0.2, 0.25) is 5.91 Å². The fraction of sp³-hybridized carbons (Fsp3) is 0.292. The lowest BCUT2D eigenvalue weighted by molar-refractivity contribution is -0.135. The number of nitrogens with one attached hydrogen (secondary N) is 2. The van der Waals surface area contributed by atoms with E-state index in [9.17, 15) is 14.4 Å². The molecule has 1 spiro atoms. The highest BCUT2D eigenvalue weighted by Gasteiger charge is 2.54. The van der Waals surface area contributed by atoms with Crippen molar-refractivity contribution in [2.24, 2.45) is 0 Å². The maximum atomic E-state index is 13.3. The Morgan fingerprint density at radius 2 is 1.97 bits per heavy atom. The molecule has 2 aromatic carbocycles. The molecule has 31 heavy (non-hydrogen) atoms. The number of benzene rings is 2. The molecule has 158 valence electrons. The number of hydrogen-bond donors (Lipinski definition) is 2. The van der Waals surface area contributed by atoms with Crippen LogP contribution in [0.1, 0.15) is 42.7 Å². The van der Waals surface area contributed by atoms with Crippen molar-refractivity contribution in [1.29, 1.82) is 0 Å². The molecule has 1 aromatic heterocycles. The number of fused-ring (bicyclic) bond motifs is 3. The van der Waals surface area contributed by atoms with E-state index >= 15 is 0 Å². The molecule has 0 saturated carbocycles. The summed E-state index contributed by atoms with van der Waals surface area (Å²) in [5.41, 5.74) is 1.56. The van der Waals surface area contributed by atoms with Gasteiger partial charge >= 0.3 is 6.03 Å². The van der Waals surface area contributed by atoms with E-state index < -0.39 is 23.5 Å². The van der Waals surface area contributed by atoms with Gasteiger partial charge in [-0.1, -0.05) is 42.5 Å². The molecule has 2 heterocycles. The molecule has 7 heteroatoms. The van der Waals surface area contributed by atoms with Crippen LogP contribution >= 0.6 is 0 Å². The Labute approximate surface area is 179 Å². The number of aryl methyl sites for hydroxylation is 1. The third kappa shape index (κ3) is 3.17. The van der Waals surface area contributed by atoms with Crippen LogP contribution in [0.4, 0.5) is 4.79 Å². The van der Waals surface area contributed by atoms with Gasteiger partial charge < -0.3 is 15.1 Å². The molecule has 5 rings (SSSR count). The number of urea groups is 1. The third-order valence-corrected chi connectivity index (χ3v) is 6.20. The van der Waals surface area contributed by atoms with Gasteiger partial charge in [0.25, 0.3) is 5.91 Å². The smallest absolute Gasteiger partial charge is 0.325 e. The highest BCUT2D eigenvalue weighted by Crippen LogP contribution is 2.39. The number of carbonyl (C=O) groups is 3. The summed E-state index contributed by atoms with van der Waals surface area (Å²) in [4.78, 5) is 39.7. The van der Waals surface area contributed by atoms with Crippen molar-refractivity contribution in [3.8, 4) is 0 Å². The van der Waals surface area contributed by atoms with Crippen molar-refractivity contribution in [2.75, 3.05) is 6.54 Å². The monoisotopic (exact) mass is 417 g/mol. The van der Waals surface area contributed by atoms with Gasteiger partial charge in [0, 0.05) is 5.39 Å². The average Bonchev–Trinajstić information content (AvgIpc) is 3.30. The van der Waals surface area contributed by atoms with Gasteiger partial charge in [-0.2, -0.15) is 0 Å². The first-order chi connectivity index (χ1) is 15.0. The molecular weight excluding hydrogens is 394 g/mol. The van der Waals surface area contributed by atoms with Gasteiger partial charge in [0.15, 0.2) is 0 Å². The molecule has 0 bridgehead atoms. The van der Waals surface area contributed by atoms with Crippen LogP contribution < -0.4 is 10.6 Å².